The van der Waals surface area contributed by atoms with E-state index in [1.54, 1.807) is 0 Å². The van der Waals surface area contributed by atoms with Crippen LogP contribution < -0.4 is 4.90 Å². The lowest BCUT2D eigenvalue weighted by atomic mass is 10.1. The summed E-state index contributed by atoms with van der Waals surface area (Å²) in [6.45, 7) is 4.75. The number of piperidine rings is 1. The minimum absolute atomic E-state index is 0.317. The number of rotatable bonds is 4. The highest BCUT2D eigenvalue weighted by Crippen LogP contribution is 2.26. The van der Waals surface area contributed by atoms with Gasteiger partial charge in [-0.1, -0.05) is 0 Å². The maximum Gasteiger partial charge on any atom is 0.133 e. The first-order valence-electron chi connectivity index (χ1n) is 6.31. The van der Waals surface area contributed by atoms with E-state index in [0.717, 1.165) is 48.4 Å². The molecule has 1 aliphatic rings. The van der Waals surface area contributed by atoms with Crippen molar-refractivity contribution in [1.82, 2.24) is 4.98 Å². The van der Waals surface area contributed by atoms with Gasteiger partial charge in [-0.2, -0.15) is 0 Å². The van der Waals surface area contributed by atoms with Gasteiger partial charge in [0, 0.05) is 35.9 Å². The summed E-state index contributed by atoms with van der Waals surface area (Å²) in [5, 5.41) is 0. The van der Waals surface area contributed by atoms with E-state index in [1.807, 2.05) is 19.2 Å². The number of anilines is 1. The summed E-state index contributed by atoms with van der Waals surface area (Å²) in [6.07, 6.45) is 4.43. The summed E-state index contributed by atoms with van der Waals surface area (Å²) >= 11 is 9.44. The number of hydrogen-bond donors (Lipinski definition) is 0. The van der Waals surface area contributed by atoms with Crippen molar-refractivity contribution in [1.29, 1.82) is 0 Å². The van der Waals surface area contributed by atoms with Gasteiger partial charge in [-0.3, -0.25) is 0 Å². The molecule has 0 bridgehead atoms. The number of pyridine rings is 1. The second-order valence-electron chi connectivity index (χ2n) is 4.44. The molecule has 1 atom stereocenters. The largest absolute Gasteiger partial charge is 0.377 e. The third-order valence-corrected chi connectivity index (χ3v) is 3.86. The highest BCUT2D eigenvalue weighted by molar-refractivity contribution is 9.10. The Labute approximate surface area is 122 Å². The molecule has 2 rings (SSSR count). The Kier molecular flexibility index (Phi) is 5.27. The molecule has 1 aliphatic heterocycles. The van der Waals surface area contributed by atoms with Crippen LogP contribution in [0.3, 0.4) is 0 Å². The summed E-state index contributed by atoms with van der Waals surface area (Å²) < 4.78 is 6.69. The van der Waals surface area contributed by atoms with Crippen LogP contribution in [0.25, 0.3) is 0 Å². The number of aromatic nitrogens is 1. The van der Waals surface area contributed by atoms with E-state index < -0.39 is 0 Å². The molecule has 18 heavy (non-hydrogen) atoms. The monoisotopic (exact) mass is 332 g/mol. The molecule has 1 fully saturated rings. The zero-order valence-electron chi connectivity index (χ0n) is 10.5. The molecule has 0 saturated carbocycles. The first-order chi connectivity index (χ1) is 8.74. The minimum Gasteiger partial charge on any atom is -0.377 e. The van der Waals surface area contributed by atoms with Crippen molar-refractivity contribution in [3.05, 3.63) is 22.3 Å². The predicted molar refractivity (Wildman–Crippen MR) is 78.4 cm³/mol. The second kappa shape index (κ2) is 6.73. The topological polar surface area (TPSA) is 25.4 Å². The fourth-order valence-corrected chi connectivity index (χ4v) is 2.93. The van der Waals surface area contributed by atoms with Crippen LogP contribution in [0.4, 0.5) is 5.82 Å². The number of hydrogen-bond acceptors (Lipinski definition) is 3. The standard InChI is InChI=1S/C13H18BrClN2O/c1-2-18-12-4-3-5-17(9-12)13-10(7-15)6-11(14)8-16-13/h6,8,12H,2-5,7,9H2,1H3. The molecule has 0 N–H and O–H groups in total. The molecule has 1 aromatic rings. The summed E-state index contributed by atoms with van der Waals surface area (Å²) in [4.78, 5) is 6.79. The van der Waals surface area contributed by atoms with Crippen LogP contribution >= 0.6 is 27.5 Å². The van der Waals surface area contributed by atoms with E-state index in [1.165, 1.54) is 0 Å². The van der Waals surface area contributed by atoms with E-state index in [2.05, 4.69) is 25.8 Å². The van der Waals surface area contributed by atoms with Crippen LogP contribution in [0.1, 0.15) is 25.3 Å². The molecule has 0 aromatic carbocycles. The van der Waals surface area contributed by atoms with Crippen molar-refractivity contribution >= 4 is 33.3 Å². The van der Waals surface area contributed by atoms with Gasteiger partial charge in [0.2, 0.25) is 0 Å². The average Bonchev–Trinajstić information content (AvgIpc) is 2.39. The van der Waals surface area contributed by atoms with Gasteiger partial charge in [-0.25, -0.2) is 4.98 Å². The maximum absolute atomic E-state index is 6.00. The first-order valence-corrected chi connectivity index (χ1v) is 7.64. The molecule has 100 valence electrons. The Morgan fingerprint density at radius 3 is 3.17 bits per heavy atom. The Morgan fingerprint density at radius 1 is 1.61 bits per heavy atom. The highest BCUT2D eigenvalue weighted by Gasteiger charge is 2.22. The number of nitrogens with zero attached hydrogens (tertiary/aromatic N) is 2. The smallest absolute Gasteiger partial charge is 0.133 e. The van der Waals surface area contributed by atoms with Crippen LogP contribution in [0, 0.1) is 0 Å². The van der Waals surface area contributed by atoms with Crippen molar-refractivity contribution in [2.75, 3.05) is 24.6 Å². The summed E-state index contributed by atoms with van der Waals surface area (Å²) in [5.74, 6) is 1.48. The molecule has 5 heteroatoms. The second-order valence-corrected chi connectivity index (χ2v) is 5.62. The number of ether oxygens (including phenoxy) is 1. The molecule has 0 radical (unpaired) electrons. The molecule has 0 spiro atoms. The van der Waals surface area contributed by atoms with Crippen LogP contribution in [0.15, 0.2) is 16.7 Å². The van der Waals surface area contributed by atoms with Crippen molar-refractivity contribution < 1.29 is 4.74 Å². The van der Waals surface area contributed by atoms with Crippen LogP contribution in [-0.2, 0) is 10.6 Å². The third kappa shape index (κ3) is 3.37. The van der Waals surface area contributed by atoms with Crippen molar-refractivity contribution in [3.63, 3.8) is 0 Å². The van der Waals surface area contributed by atoms with E-state index in [9.17, 15) is 0 Å². The molecule has 3 nitrogen and oxygen atoms in total. The summed E-state index contributed by atoms with van der Waals surface area (Å²) in [7, 11) is 0. The SMILES string of the molecule is CCOC1CCCN(c2ncc(Br)cc2CCl)C1. The van der Waals surface area contributed by atoms with Gasteiger partial charge in [0.15, 0.2) is 0 Å². The maximum atomic E-state index is 6.00. The Balaban J connectivity index is 2.15. The van der Waals surface area contributed by atoms with E-state index in [0.29, 0.717) is 12.0 Å². The minimum atomic E-state index is 0.317. The molecule has 2 heterocycles. The van der Waals surface area contributed by atoms with E-state index in [-0.39, 0.29) is 0 Å². The average molecular weight is 334 g/mol. The fourth-order valence-electron chi connectivity index (χ4n) is 2.36. The van der Waals surface area contributed by atoms with Crippen LogP contribution in [0.2, 0.25) is 0 Å². The highest BCUT2D eigenvalue weighted by atomic mass is 79.9. The molecule has 0 aliphatic carbocycles. The van der Waals surface area contributed by atoms with Crippen LogP contribution in [-0.4, -0.2) is 30.8 Å². The van der Waals surface area contributed by atoms with Gasteiger partial charge in [0.25, 0.3) is 0 Å². The van der Waals surface area contributed by atoms with Gasteiger partial charge in [-0.15, -0.1) is 11.6 Å². The Morgan fingerprint density at radius 2 is 2.44 bits per heavy atom. The number of alkyl halides is 1. The summed E-state index contributed by atoms with van der Waals surface area (Å²) in [5.41, 5.74) is 1.07. The zero-order valence-corrected chi connectivity index (χ0v) is 12.9. The lowest BCUT2D eigenvalue weighted by Crippen LogP contribution is -2.40. The molecule has 1 aromatic heterocycles. The van der Waals surface area contributed by atoms with Gasteiger partial charge in [-0.05, 0) is 41.8 Å². The quantitative estimate of drug-likeness (QED) is 0.787. The zero-order chi connectivity index (χ0) is 13.0. The third-order valence-electron chi connectivity index (χ3n) is 3.13. The van der Waals surface area contributed by atoms with E-state index in [4.69, 9.17) is 16.3 Å². The molecule has 0 amide bonds. The Hall–Kier alpha value is -0.320. The van der Waals surface area contributed by atoms with Crippen molar-refractivity contribution in [2.45, 2.75) is 31.7 Å². The van der Waals surface area contributed by atoms with Gasteiger partial charge < -0.3 is 9.64 Å². The Bertz CT molecular complexity index is 401. The molecular formula is C13H18BrClN2O. The van der Waals surface area contributed by atoms with E-state index >= 15 is 0 Å². The van der Waals surface area contributed by atoms with Crippen molar-refractivity contribution in [2.24, 2.45) is 0 Å². The first kappa shape index (κ1) is 14.1. The molecule has 1 unspecified atom stereocenters. The summed E-state index contributed by atoms with van der Waals surface area (Å²) in [6, 6.07) is 2.04. The molecular weight excluding hydrogens is 316 g/mol. The fraction of sp³-hybridized carbons (Fsp3) is 0.615. The van der Waals surface area contributed by atoms with Gasteiger partial charge in [0.05, 0.1) is 12.0 Å². The van der Waals surface area contributed by atoms with Gasteiger partial charge in [0.1, 0.15) is 5.82 Å². The number of halogens is 2. The van der Waals surface area contributed by atoms with Crippen molar-refractivity contribution in [3.8, 4) is 0 Å². The molecule has 1 saturated heterocycles. The normalized spacial score (nSPS) is 20.2. The predicted octanol–water partition coefficient (Wildman–Crippen LogP) is 3.59. The van der Waals surface area contributed by atoms with Gasteiger partial charge >= 0.3 is 0 Å². The van der Waals surface area contributed by atoms with Crippen LogP contribution in [0.5, 0.6) is 0 Å². The lowest BCUT2D eigenvalue weighted by Gasteiger charge is -2.34. The lowest BCUT2D eigenvalue weighted by molar-refractivity contribution is 0.0525.